The van der Waals surface area contributed by atoms with Crippen LogP contribution in [0.3, 0.4) is 0 Å². The molecule has 2 heterocycles. The van der Waals surface area contributed by atoms with Gasteiger partial charge in [-0.25, -0.2) is 0 Å². The van der Waals surface area contributed by atoms with E-state index in [9.17, 15) is 13.2 Å². The third-order valence-electron chi connectivity index (χ3n) is 4.76. The highest BCUT2D eigenvalue weighted by Crippen LogP contribution is 2.29. The minimum Gasteiger partial charge on any atom is -0.489 e. The number of aryl methyl sites for hydroxylation is 2. The van der Waals surface area contributed by atoms with E-state index in [0.29, 0.717) is 11.3 Å². The highest BCUT2D eigenvalue weighted by molar-refractivity contribution is 5.83. The fraction of sp³-hybridized carbons (Fsp3) is 0.286. The number of aromatic nitrogens is 1. The summed E-state index contributed by atoms with van der Waals surface area (Å²) in [6, 6.07) is 13.5. The lowest BCUT2D eigenvalue weighted by molar-refractivity contribution is -0.274. The average Bonchev–Trinajstić information content (AvgIpc) is 3.02. The van der Waals surface area contributed by atoms with Crippen LogP contribution in [0.5, 0.6) is 11.5 Å². The molecular formula is C21H17F3N2O2. The van der Waals surface area contributed by atoms with Crippen LogP contribution in [0.2, 0.25) is 0 Å². The standard InChI is InChI=1S/C21H17F3N2O2/c22-21(23,24)28-19-8-14(12-25)7-15(9-19)13-27-18-4-5-20-16(11-18)10-17-3-1-2-6-26(17)20/h4-5,7-11H,1-3,6,13H2. The van der Waals surface area contributed by atoms with E-state index in [1.165, 1.54) is 30.7 Å². The van der Waals surface area contributed by atoms with Crippen LogP contribution in [0, 0.1) is 11.3 Å². The Balaban J connectivity index is 1.54. The van der Waals surface area contributed by atoms with Gasteiger partial charge in [-0.15, -0.1) is 13.2 Å². The number of benzene rings is 2. The Hall–Kier alpha value is -3.14. The lowest BCUT2D eigenvalue weighted by Gasteiger charge is -2.15. The van der Waals surface area contributed by atoms with Crippen LogP contribution < -0.4 is 9.47 Å². The minimum atomic E-state index is -4.81. The van der Waals surface area contributed by atoms with Gasteiger partial charge in [0.05, 0.1) is 11.6 Å². The highest BCUT2D eigenvalue weighted by Gasteiger charge is 2.31. The van der Waals surface area contributed by atoms with Gasteiger partial charge in [0, 0.05) is 23.1 Å². The van der Waals surface area contributed by atoms with Crippen LogP contribution in [0.4, 0.5) is 13.2 Å². The van der Waals surface area contributed by atoms with Crippen molar-refractivity contribution >= 4 is 10.9 Å². The van der Waals surface area contributed by atoms with E-state index in [-0.39, 0.29) is 12.2 Å². The largest absolute Gasteiger partial charge is 0.573 e. The number of hydrogen-bond donors (Lipinski definition) is 0. The Labute approximate surface area is 159 Å². The molecule has 0 atom stereocenters. The van der Waals surface area contributed by atoms with Gasteiger partial charge >= 0.3 is 6.36 Å². The normalized spacial score (nSPS) is 13.8. The number of nitrogens with zero attached hydrogens (tertiary/aromatic N) is 2. The molecule has 1 aliphatic heterocycles. The Morgan fingerprint density at radius 1 is 1.04 bits per heavy atom. The molecule has 1 aliphatic rings. The second kappa shape index (κ2) is 7.12. The van der Waals surface area contributed by atoms with E-state index in [2.05, 4.69) is 15.4 Å². The molecule has 2 aromatic carbocycles. The first-order valence-corrected chi connectivity index (χ1v) is 8.96. The topological polar surface area (TPSA) is 47.2 Å². The van der Waals surface area contributed by atoms with Crippen molar-refractivity contribution in [2.45, 2.75) is 38.8 Å². The molecule has 0 unspecified atom stereocenters. The van der Waals surface area contributed by atoms with E-state index >= 15 is 0 Å². The van der Waals surface area contributed by atoms with E-state index < -0.39 is 12.1 Å². The first-order valence-electron chi connectivity index (χ1n) is 8.96. The number of rotatable bonds is 4. The Kier molecular flexibility index (Phi) is 4.63. The molecule has 144 valence electrons. The Bertz CT molecular complexity index is 1060. The molecule has 0 fully saturated rings. The van der Waals surface area contributed by atoms with Crippen molar-refractivity contribution in [1.82, 2.24) is 4.57 Å². The molecule has 0 radical (unpaired) electrons. The van der Waals surface area contributed by atoms with Gasteiger partial charge in [0.1, 0.15) is 18.1 Å². The maximum atomic E-state index is 12.5. The van der Waals surface area contributed by atoms with Gasteiger partial charge in [0.15, 0.2) is 0 Å². The van der Waals surface area contributed by atoms with Crippen molar-refractivity contribution in [3.8, 4) is 17.6 Å². The lowest BCUT2D eigenvalue weighted by Crippen LogP contribution is -2.17. The van der Waals surface area contributed by atoms with Crippen molar-refractivity contribution < 1.29 is 22.6 Å². The fourth-order valence-electron chi connectivity index (χ4n) is 3.61. The van der Waals surface area contributed by atoms with Crippen LogP contribution in [0.25, 0.3) is 10.9 Å². The zero-order chi connectivity index (χ0) is 19.7. The highest BCUT2D eigenvalue weighted by atomic mass is 19.4. The second-order valence-corrected chi connectivity index (χ2v) is 6.78. The van der Waals surface area contributed by atoms with Crippen LogP contribution in [0.15, 0.2) is 42.5 Å². The van der Waals surface area contributed by atoms with Crippen molar-refractivity contribution in [2.24, 2.45) is 0 Å². The predicted molar refractivity (Wildman–Crippen MR) is 97.0 cm³/mol. The molecule has 0 bridgehead atoms. The number of hydrogen-bond acceptors (Lipinski definition) is 3. The zero-order valence-corrected chi connectivity index (χ0v) is 14.9. The van der Waals surface area contributed by atoms with Crippen molar-refractivity contribution in [3.05, 3.63) is 59.3 Å². The van der Waals surface area contributed by atoms with Crippen LogP contribution in [0.1, 0.15) is 29.7 Å². The predicted octanol–water partition coefficient (Wildman–Crippen LogP) is 5.33. The SMILES string of the molecule is N#Cc1cc(COc2ccc3c(c2)cc2n3CCCC2)cc(OC(F)(F)F)c1. The maximum absolute atomic E-state index is 12.5. The molecule has 0 aliphatic carbocycles. The lowest BCUT2D eigenvalue weighted by atomic mass is 10.1. The number of ether oxygens (including phenoxy) is 2. The summed E-state index contributed by atoms with van der Waals surface area (Å²) in [5.41, 5.74) is 2.98. The monoisotopic (exact) mass is 386 g/mol. The summed E-state index contributed by atoms with van der Waals surface area (Å²) in [5.74, 6) is 0.191. The molecule has 4 nitrogen and oxygen atoms in total. The molecule has 1 aromatic heterocycles. The van der Waals surface area contributed by atoms with Gasteiger partial charge in [0.25, 0.3) is 0 Å². The quantitative estimate of drug-likeness (QED) is 0.609. The molecule has 0 amide bonds. The van der Waals surface area contributed by atoms with Gasteiger partial charge in [-0.2, -0.15) is 5.26 Å². The molecule has 0 N–H and O–H groups in total. The minimum absolute atomic E-state index is 0.0306. The molecule has 0 saturated heterocycles. The number of alkyl halides is 3. The summed E-state index contributed by atoms with van der Waals surface area (Å²) in [6.07, 6.45) is -1.39. The third-order valence-corrected chi connectivity index (χ3v) is 4.76. The van der Waals surface area contributed by atoms with Gasteiger partial charge in [-0.1, -0.05) is 0 Å². The maximum Gasteiger partial charge on any atom is 0.573 e. The van der Waals surface area contributed by atoms with E-state index in [1.807, 2.05) is 24.3 Å². The van der Waals surface area contributed by atoms with Gasteiger partial charge in [0.2, 0.25) is 0 Å². The summed E-state index contributed by atoms with van der Waals surface area (Å²) in [4.78, 5) is 0. The molecule has 4 rings (SSSR count). The van der Waals surface area contributed by atoms with Gasteiger partial charge in [-0.3, -0.25) is 0 Å². The van der Waals surface area contributed by atoms with Gasteiger partial charge in [-0.05, 0) is 67.3 Å². The van der Waals surface area contributed by atoms with Crippen molar-refractivity contribution in [3.63, 3.8) is 0 Å². The van der Waals surface area contributed by atoms with Crippen LogP contribution in [-0.4, -0.2) is 10.9 Å². The van der Waals surface area contributed by atoms with Crippen LogP contribution >= 0.6 is 0 Å². The van der Waals surface area contributed by atoms with Crippen molar-refractivity contribution in [1.29, 1.82) is 5.26 Å². The molecule has 0 spiro atoms. The smallest absolute Gasteiger partial charge is 0.489 e. The van der Waals surface area contributed by atoms with E-state index in [1.54, 1.807) is 0 Å². The molecule has 0 saturated carbocycles. The summed E-state index contributed by atoms with van der Waals surface area (Å²) < 4.78 is 49.4. The number of fused-ring (bicyclic) bond motifs is 3. The van der Waals surface area contributed by atoms with Gasteiger partial charge < -0.3 is 14.0 Å². The molecule has 3 aromatic rings. The van der Waals surface area contributed by atoms with Crippen LogP contribution in [-0.2, 0) is 19.6 Å². The summed E-state index contributed by atoms with van der Waals surface area (Å²) in [5, 5.41) is 10.1. The zero-order valence-electron chi connectivity index (χ0n) is 14.9. The summed E-state index contributed by atoms with van der Waals surface area (Å²) in [7, 11) is 0. The van der Waals surface area contributed by atoms with E-state index in [4.69, 9.17) is 10.00 Å². The molecule has 28 heavy (non-hydrogen) atoms. The first kappa shape index (κ1) is 18.2. The average molecular weight is 386 g/mol. The Morgan fingerprint density at radius 3 is 2.68 bits per heavy atom. The van der Waals surface area contributed by atoms with Crippen molar-refractivity contribution in [2.75, 3.05) is 0 Å². The molecular weight excluding hydrogens is 369 g/mol. The molecule has 7 heteroatoms. The summed E-state index contributed by atoms with van der Waals surface area (Å²) in [6.45, 7) is 1.05. The summed E-state index contributed by atoms with van der Waals surface area (Å²) >= 11 is 0. The fourth-order valence-corrected chi connectivity index (χ4v) is 3.61. The first-order chi connectivity index (χ1) is 13.4. The third kappa shape index (κ3) is 3.91. The number of halogens is 3. The Morgan fingerprint density at radius 2 is 1.89 bits per heavy atom. The second-order valence-electron chi connectivity index (χ2n) is 6.78. The number of nitriles is 1. The van der Waals surface area contributed by atoms with E-state index in [0.717, 1.165) is 29.9 Å².